The molecular weight excluding hydrogens is 382 g/mol. The second-order valence-electron chi connectivity index (χ2n) is 7.53. The third kappa shape index (κ3) is 4.65. The maximum Gasteiger partial charge on any atom is 0.260 e. The Morgan fingerprint density at radius 2 is 1.90 bits per heavy atom. The van der Waals surface area contributed by atoms with Gasteiger partial charge < -0.3 is 14.4 Å². The van der Waals surface area contributed by atoms with Gasteiger partial charge in [0.1, 0.15) is 5.56 Å². The summed E-state index contributed by atoms with van der Waals surface area (Å²) in [4.78, 5) is 35.4. The molecule has 1 aliphatic heterocycles. The Morgan fingerprint density at radius 3 is 2.63 bits per heavy atom. The van der Waals surface area contributed by atoms with Gasteiger partial charge in [-0.05, 0) is 32.0 Å². The Morgan fingerprint density at radius 1 is 1.13 bits per heavy atom. The highest BCUT2D eigenvalue weighted by Crippen LogP contribution is 2.17. The number of aromatic amines is 1. The van der Waals surface area contributed by atoms with E-state index < -0.39 is 0 Å². The molecule has 1 N–H and O–H groups in total. The van der Waals surface area contributed by atoms with Crippen LogP contribution < -0.4 is 5.56 Å². The average Bonchev–Trinajstić information content (AvgIpc) is 3.23. The highest BCUT2D eigenvalue weighted by molar-refractivity contribution is 5.93. The van der Waals surface area contributed by atoms with Crippen molar-refractivity contribution in [3.63, 3.8) is 0 Å². The second kappa shape index (κ2) is 9.04. The van der Waals surface area contributed by atoms with Crippen LogP contribution in [0.25, 0.3) is 11.4 Å². The van der Waals surface area contributed by atoms with Crippen LogP contribution in [0, 0.1) is 6.92 Å². The highest BCUT2D eigenvalue weighted by Gasteiger charge is 2.23. The summed E-state index contributed by atoms with van der Waals surface area (Å²) in [5.74, 6) is 1.06. The molecule has 8 heteroatoms. The third-order valence-electron chi connectivity index (χ3n) is 5.35. The lowest BCUT2D eigenvalue weighted by Crippen LogP contribution is -2.49. The zero-order valence-corrected chi connectivity index (χ0v) is 17.0. The smallest absolute Gasteiger partial charge is 0.260 e. The van der Waals surface area contributed by atoms with Gasteiger partial charge in [-0.15, -0.1) is 0 Å². The van der Waals surface area contributed by atoms with E-state index in [1.807, 2.05) is 31.2 Å². The van der Waals surface area contributed by atoms with Gasteiger partial charge in [0.05, 0.1) is 0 Å². The van der Waals surface area contributed by atoms with Crippen LogP contribution in [0.15, 0.2) is 51.9 Å². The van der Waals surface area contributed by atoms with Crippen molar-refractivity contribution < 1.29 is 9.32 Å². The number of nitrogens with zero attached hydrogens (tertiary/aromatic N) is 4. The number of carbonyl (C=O) groups is 1. The minimum Gasteiger partial charge on any atom is -0.339 e. The van der Waals surface area contributed by atoms with E-state index in [2.05, 4.69) is 20.0 Å². The largest absolute Gasteiger partial charge is 0.339 e. The van der Waals surface area contributed by atoms with E-state index in [4.69, 9.17) is 4.52 Å². The van der Waals surface area contributed by atoms with Crippen LogP contribution in [-0.2, 0) is 6.42 Å². The molecule has 1 fully saturated rings. The topological polar surface area (TPSA) is 95.3 Å². The van der Waals surface area contributed by atoms with Crippen molar-refractivity contribution in [1.29, 1.82) is 0 Å². The number of aromatic nitrogens is 3. The summed E-state index contributed by atoms with van der Waals surface area (Å²) < 4.78 is 5.38. The monoisotopic (exact) mass is 407 g/mol. The van der Waals surface area contributed by atoms with Crippen molar-refractivity contribution in [1.82, 2.24) is 24.9 Å². The van der Waals surface area contributed by atoms with Crippen LogP contribution in [0.4, 0.5) is 0 Å². The van der Waals surface area contributed by atoms with Crippen LogP contribution >= 0.6 is 0 Å². The van der Waals surface area contributed by atoms with Crippen LogP contribution in [-0.4, -0.2) is 63.6 Å². The molecule has 4 rings (SSSR count). The van der Waals surface area contributed by atoms with Crippen molar-refractivity contribution in [2.75, 3.05) is 32.7 Å². The summed E-state index contributed by atoms with van der Waals surface area (Å²) in [5.41, 5.74) is 2.01. The first kappa shape index (κ1) is 20.0. The van der Waals surface area contributed by atoms with Crippen molar-refractivity contribution in [2.45, 2.75) is 19.8 Å². The van der Waals surface area contributed by atoms with Crippen LogP contribution in [0.5, 0.6) is 0 Å². The summed E-state index contributed by atoms with van der Waals surface area (Å²) in [6, 6.07) is 11.3. The van der Waals surface area contributed by atoms with Gasteiger partial charge in [-0.25, -0.2) is 0 Å². The Labute approximate surface area is 174 Å². The molecule has 1 aromatic carbocycles. The van der Waals surface area contributed by atoms with Gasteiger partial charge in [-0.3, -0.25) is 14.5 Å². The fourth-order valence-corrected chi connectivity index (χ4v) is 3.57. The lowest BCUT2D eigenvalue weighted by Gasteiger charge is -2.34. The first-order valence-electron chi connectivity index (χ1n) is 10.2. The molecule has 0 aliphatic carbocycles. The number of benzene rings is 1. The molecule has 156 valence electrons. The Bertz CT molecular complexity index is 1050. The van der Waals surface area contributed by atoms with E-state index in [1.165, 1.54) is 11.8 Å². The number of piperazine rings is 1. The molecule has 3 aromatic rings. The minimum absolute atomic E-state index is 0.201. The second-order valence-corrected chi connectivity index (χ2v) is 7.53. The fraction of sp³-hybridized carbons (Fsp3) is 0.364. The summed E-state index contributed by atoms with van der Waals surface area (Å²) in [6.45, 7) is 5.75. The molecule has 1 saturated heterocycles. The van der Waals surface area contributed by atoms with E-state index in [1.54, 1.807) is 17.0 Å². The molecule has 1 aliphatic rings. The highest BCUT2D eigenvalue weighted by atomic mass is 16.5. The van der Waals surface area contributed by atoms with Crippen LogP contribution in [0.2, 0.25) is 0 Å². The molecule has 0 unspecified atom stereocenters. The Hall–Kier alpha value is -3.26. The summed E-state index contributed by atoms with van der Waals surface area (Å²) in [7, 11) is 0. The summed E-state index contributed by atoms with van der Waals surface area (Å²) in [5, 5.41) is 4.07. The van der Waals surface area contributed by atoms with Crippen molar-refractivity contribution >= 4 is 5.91 Å². The Kier molecular flexibility index (Phi) is 6.04. The fourth-order valence-electron chi connectivity index (χ4n) is 3.57. The van der Waals surface area contributed by atoms with Crippen molar-refractivity contribution in [2.24, 2.45) is 0 Å². The first-order valence-corrected chi connectivity index (χ1v) is 10.2. The SMILES string of the molecule is Cc1ccc(-c2noc(CCCN3CCN(C(=O)c4ccc[nH]c4=O)CC3)n2)cc1. The number of amides is 1. The molecule has 8 nitrogen and oxygen atoms in total. The number of H-pyrrole nitrogens is 1. The van der Waals surface area contributed by atoms with E-state index in [-0.39, 0.29) is 17.0 Å². The van der Waals surface area contributed by atoms with Crippen LogP contribution in [0.1, 0.15) is 28.2 Å². The van der Waals surface area contributed by atoms with E-state index >= 15 is 0 Å². The number of carbonyl (C=O) groups excluding carboxylic acids is 1. The van der Waals surface area contributed by atoms with Gasteiger partial charge in [-0.2, -0.15) is 4.98 Å². The number of rotatable bonds is 6. The van der Waals surface area contributed by atoms with E-state index in [0.717, 1.165) is 38.0 Å². The molecule has 0 spiro atoms. The third-order valence-corrected chi connectivity index (χ3v) is 5.35. The normalized spacial score (nSPS) is 14.8. The lowest BCUT2D eigenvalue weighted by molar-refractivity contribution is 0.0634. The molecule has 0 radical (unpaired) electrons. The first-order chi connectivity index (χ1) is 14.6. The number of hydrogen-bond donors (Lipinski definition) is 1. The van der Waals surface area contributed by atoms with E-state index in [9.17, 15) is 9.59 Å². The number of nitrogens with one attached hydrogen (secondary N) is 1. The summed E-state index contributed by atoms with van der Waals surface area (Å²) in [6.07, 6.45) is 3.16. The standard InChI is InChI=1S/C22H25N5O3/c1-16-6-8-17(9-7-16)20-24-19(30-25-20)5-3-11-26-12-14-27(15-13-26)22(29)18-4-2-10-23-21(18)28/h2,4,6-10H,3,5,11-15H2,1H3,(H,23,28). The van der Waals surface area contributed by atoms with Gasteiger partial charge in [0, 0.05) is 44.4 Å². The minimum atomic E-state index is -0.338. The molecule has 0 bridgehead atoms. The quantitative estimate of drug-likeness (QED) is 0.673. The lowest BCUT2D eigenvalue weighted by atomic mass is 10.1. The van der Waals surface area contributed by atoms with Crippen molar-refractivity contribution in [3.8, 4) is 11.4 Å². The van der Waals surface area contributed by atoms with Gasteiger partial charge >= 0.3 is 0 Å². The molecule has 1 amide bonds. The molecular formula is C22H25N5O3. The van der Waals surface area contributed by atoms with Gasteiger partial charge in [0.15, 0.2) is 0 Å². The molecule has 30 heavy (non-hydrogen) atoms. The summed E-state index contributed by atoms with van der Waals surface area (Å²) >= 11 is 0. The van der Waals surface area contributed by atoms with Gasteiger partial charge in [-0.1, -0.05) is 35.0 Å². The van der Waals surface area contributed by atoms with Gasteiger partial charge in [0.25, 0.3) is 11.5 Å². The van der Waals surface area contributed by atoms with Crippen molar-refractivity contribution in [3.05, 3.63) is 70.0 Å². The predicted molar refractivity (Wildman–Crippen MR) is 112 cm³/mol. The maximum absolute atomic E-state index is 12.5. The zero-order valence-electron chi connectivity index (χ0n) is 17.0. The number of pyridine rings is 1. The molecule has 0 atom stereocenters. The molecule has 3 heterocycles. The maximum atomic E-state index is 12.5. The predicted octanol–water partition coefficient (Wildman–Crippen LogP) is 2.12. The average molecular weight is 407 g/mol. The zero-order chi connectivity index (χ0) is 20.9. The van der Waals surface area contributed by atoms with E-state index in [0.29, 0.717) is 24.8 Å². The Balaban J connectivity index is 1.23. The van der Waals surface area contributed by atoms with Crippen LogP contribution in [0.3, 0.4) is 0 Å². The number of aryl methyl sites for hydroxylation is 2. The number of hydrogen-bond acceptors (Lipinski definition) is 6. The molecule has 0 saturated carbocycles. The van der Waals surface area contributed by atoms with Gasteiger partial charge in [0.2, 0.25) is 11.7 Å². The molecule has 2 aromatic heterocycles.